The van der Waals surface area contributed by atoms with Crippen molar-refractivity contribution in [2.24, 2.45) is 0 Å². The maximum absolute atomic E-state index is 10.3. The lowest BCUT2D eigenvalue weighted by molar-refractivity contribution is 1.06. The summed E-state index contributed by atoms with van der Waals surface area (Å²) in [5.41, 5.74) is 13.4. The van der Waals surface area contributed by atoms with E-state index in [9.17, 15) is 10.5 Å². The van der Waals surface area contributed by atoms with E-state index in [-0.39, 0.29) is 0 Å². The monoisotopic (exact) mass is 956 g/mol. The van der Waals surface area contributed by atoms with E-state index in [0.717, 1.165) is 72.1 Å². The van der Waals surface area contributed by atoms with E-state index in [2.05, 4.69) is 68.9 Å². The zero-order valence-electron chi connectivity index (χ0n) is 39.8. The van der Waals surface area contributed by atoms with E-state index in [1.165, 1.54) is 0 Å². The summed E-state index contributed by atoms with van der Waals surface area (Å²) < 4.78 is 2.21. The molecule has 0 aliphatic rings. The van der Waals surface area contributed by atoms with Crippen molar-refractivity contribution < 1.29 is 0 Å². The largest absolute Gasteiger partial charge is 0.308 e. The number of nitrogens with zero attached hydrogens (tertiary/aromatic N) is 10. The topological polar surface area (TPSA) is 126 Å². The second-order valence-corrected chi connectivity index (χ2v) is 17.7. The van der Waals surface area contributed by atoms with Crippen molar-refractivity contribution in [1.82, 2.24) is 29.5 Å². The van der Waals surface area contributed by atoms with Crippen molar-refractivity contribution in [3.05, 3.63) is 252 Å². The highest BCUT2D eigenvalue weighted by molar-refractivity contribution is 6.12. The molecule has 10 nitrogen and oxygen atoms in total. The third-order valence-electron chi connectivity index (χ3n) is 13.2. The van der Waals surface area contributed by atoms with Crippen LogP contribution < -0.4 is 0 Å². The number of hydrogen-bond donors (Lipinski definition) is 0. The number of benzene rings is 9. The first kappa shape index (κ1) is 45.0. The summed E-state index contributed by atoms with van der Waals surface area (Å²) in [6.07, 6.45) is 0. The van der Waals surface area contributed by atoms with Gasteiger partial charge in [0.05, 0.1) is 53.4 Å². The third-order valence-corrected chi connectivity index (χ3v) is 13.2. The van der Waals surface area contributed by atoms with E-state index in [4.69, 9.17) is 38.1 Å². The molecule has 0 saturated heterocycles. The van der Waals surface area contributed by atoms with Crippen LogP contribution in [0.25, 0.3) is 128 Å². The van der Waals surface area contributed by atoms with Gasteiger partial charge < -0.3 is 4.57 Å². The van der Waals surface area contributed by atoms with Gasteiger partial charge in [0, 0.05) is 55.3 Å². The molecule has 0 aliphatic heterocycles. The minimum Gasteiger partial charge on any atom is -0.308 e. The molecule has 9 aromatic carbocycles. The zero-order chi connectivity index (χ0) is 50.8. The van der Waals surface area contributed by atoms with Gasteiger partial charge in [-0.1, -0.05) is 158 Å². The van der Waals surface area contributed by atoms with Gasteiger partial charge in [0.2, 0.25) is 0 Å². The Hall–Kier alpha value is -11.2. The molecule has 12 rings (SSSR count). The maximum Gasteiger partial charge on any atom is 0.196 e. The molecule has 0 aliphatic carbocycles. The molecule has 12 aromatic rings. The highest BCUT2D eigenvalue weighted by Gasteiger charge is 2.23. The molecule has 3 heterocycles. The fraction of sp³-hybridized carbons (Fsp3) is 0. The van der Waals surface area contributed by atoms with Gasteiger partial charge in [0.1, 0.15) is 0 Å². The highest BCUT2D eigenvalue weighted by atomic mass is 15.1. The number of hydrogen-bond acceptors (Lipinski definition) is 7. The summed E-state index contributed by atoms with van der Waals surface area (Å²) in [6.45, 7) is 15.7. The van der Waals surface area contributed by atoms with Gasteiger partial charge in [0.15, 0.2) is 34.7 Å². The molecule has 0 amide bonds. The number of fused-ring (bicyclic) bond motifs is 3. The van der Waals surface area contributed by atoms with E-state index in [0.29, 0.717) is 68.2 Å². The molecular weight excluding hydrogens is 921 g/mol. The van der Waals surface area contributed by atoms with Crippen LogP contribution in [-0.4, -0.2) is 29.5 Å². The predicted octanol–water partition coefficient (Wildman–Crippen LogP) is 15.9. The van der Waals surface area contributed by atoms with Crippen molar-refractivity contribution >= 4 is 33.2 Å². The van der Waals surface area contributed by atoms with Crippen LogP contribution in [0.1, 0.15) is 11.1 Å². The predicted molar refractivity (Wildman–Crippen MR) is 295 cm³/mol. The van der Waals surface area contributed by atoms with Crippen LogP contribution in [0, 0.1) is 35.8 Å². The van der Waals surface area contributed by atoms with Gasteiger partial charge in [-0.15, -0.1) is 0 Å². The third kappa shape index (κ3) is 8.45. The number of rotatable bonds is 9. The van der Waals surface area contributed by atoms with Gasteiger partial charge in [-0.2, -0.15) is 10.5 Å². The molecule has 75 heavy (non-hydrogen) atoms. The molecule has 0 spiro atoms. The average Bonchev–Trinajstić information content (AvgIpc) is 3.88. The van der Waals surface area contributed by atoms with Crippen LogP contribution in [0.15, 0.2) is 218 Å². The fourth-order valence-corrected chi connectivity index (χ4v) is 9.57. The Bertz CT molecular complexity index is 4140. The molecule has 346 valence electrons. The van der Waals surface area contributed by atoms with E-state index < -0.39 is 0 Å². The van der Waals surface area contributed by atoms with E-state index in [1.807, 2.05) is 152 Å². The van der Waals surface area contributed by atoms with Crippen LogP contribution in [0.2, 0.25) is 0 Å². The molecule has 3 aromatic heterocycles. The van der Waals surface area contributed by atoms with Crippen LogP contribution in [0.3, 0.4) is 0 Å². The second kappa shape index (κ2) is 19.2. The van der Waals surface area contributed by atoms with Crippen molar-refractivity contribution in [3.8, 4) is 108 Å². The zero-order valence-corrected chi connectivity index (χ0v) is 39.8. The Kier molecular flexibility index (Phi) is 11.5. The molecule has 10 heteroatoms. The minimum absolute atomic E-state index is 0.364. The van der Waals surface area contributed by atoms with Crippen LogP contribution in [0.5, 0.6) is 0 Å². The van der Waals surface area contributed by atoms with Gasteiger partial charge in [-0.3, -0.25) is 0 Å². The first-order valence-electron chi connectivity index (χ1n) is 23.9. The first-order chi connectivity index (χ1) is 37.0. The Balaban J connectivity index is 1.16. The van der Waals surface area contributed by atoms with Gasteiger partial charge in [-0.05, 0) is 82.9 Å². The molecule has 0 saturated carbocycles. The van der Waals surface area contributed by atoms with Crippen LogP contribution in [0.4, 0.5) is 11.4 Å². The Morgan fingerprint density at radius 2 is 0.880 bits per heavy atom. The molecule has 0 fully saturated rings. The molecule has 0 atom stereocenters. The van der Waals surface area contributed by atoms with Crippen LogP contribution >= 0.6 is 0 Å². The number of aromatic nitrogens is 6. The standard InChI is InChI=1S/C65H36N10/c1-68-50-27-29-51(49(34-50)40-67)46-24-30-59-53(35-46)54-36-47(52-28-23-41(39-66)33-58(52)69-2)25-31-60(54)75(59)61-32-26-48(57-38-56(42-15-7-3-8-16-42)70-62(71-57)43-17-9-4-10-18-43)37-55(61)65-73-63(44-19-11-5-12-20-44)72-64(74-65)45-21-13-6-14-22-45/h3-38H. The van der Waals surface area contributed by atoms with E-state index >= 15 is 0 Å². The molecule has 0 radical (unpaired) electrons. The normalized spacial score (nSPS) is 10.9. The van der Waals surface area contributed by atoms with Crippen molar-refractivity contribution in [1.29, 1.82) is 10.5 Å². The SMILES string of the molecule is [C-]#[N+]c1ccc(-c2ccc3c(c2)c2cc(-c4ccc(C#N)cc4[N+]#[C-])ccc2n3-c2ccc(-c3cc(-c4ccccc4)nc(-c4ccccc4)n3)cc2-c2nc(-c3ccccc3)nc(-c3ccccc3)n2)c(C#N)c1. The summed E-state index contributed by atoms with van der Waals surface area (Å²) >= 11 is 0. The lowest BCUT2D eigenvalue weighted by Gasteiger charge is -2.17. The lowest BCUT2D eigenvalue weighted by atomic mass is 9.97. The Morgan fingerprint density at radius 1 is 0.373 bits per heavy atom. The summed E-state index contributed by atoms with van der Waals surface area (Å²) in [6, 6.07) is 75.1. The second-order valence-electron chi connectivity index (χ2n) is 17.7. The van der Waals surface area contributed by atoms with Crippen molar-refractivity contribution in [2.75, 3.05) is 0 Å². The first-order valence-corrected chi connectivity index (χ1v) is 23.9. The molecule has 0 N–H and O–H groups in total. The maximum atomic E-state index is 10.3. The smallest absolute Gasteiger partial charge is 0.196 e. The van der Waals surface area contributed by atoms with E-state index in [1.54, 1.807) is 24.3 Å². The molecule has 0 unspecified atom stereocenters. The summed E-state index contributed by atoms with van der Waals surface area (Å²) in [4.78, 5) is 33.4. The van der Waals surface area contributed by atoms with Gasteiger partial charge in [0.25, 0.3) is 0 Å². The quantitative estimate of drug-likeness (QED) is 0.132. The molecular formula is C65H36N10. The summed E-state index contributed by atoms with van der Waals surface area (Å²) in [5, 5.41) is 21.8. The van der Waals surface area contributed by atoms with Crippen molar-refractivity contribution in [3.63, 3.8) is 0 Å². The molecule has 0 bridgehead atoms. The summed E-state index contributed by atoms with van der Waals surface area (Å²) in [5.74, 6) is 2.02. The number of nitriles is 2. The lowest BCUT2D eigenvalue weighted by Crippen LogP contribution is -2.04. The Labute approximate surface area is 431 Å². The van der Waals surface area contributed by atoms with Gasteiger partial charge >= 0.3 is 0 Å². The van der Waals surface area contributed by atoms with Crippen LogP contribution in [-0.2, 0) is 0 Å². The highest BCUT2D eigenvalue weighted by Crippen LogP contribution is 2.43. The Morgan fingerprint density at radius 3 is 1.43 bits per heavy atom. The average molecular weight is 957 g/mol. The van der Waals surface area contributed by atoms with Crippen molar-refractivity contribution in [2.45, 2.75) is 0 Å². The fourth-order valence-electron chi connectivity index (χ4n) is 9.57. The van der Waals surface area contributed by atoms with Gasteiger partial charge in [-0.25, -0.2) is 34.6 Å². The minimum atomic E-state index is 0.364. The summed E-state index contributed by atoms with van der Waals surface area (Å²) in [7, 11) is 0.